The van der Waals surface area contributed by atoms with Gasteiger partial charge in [0.2, 0.25) is 0 Å². The topological polar surface area (TPSA) is 12.5 Å². The normalized spacial score (nSPS) is 11.7. The number of nitrogens with zero attached hydrogens (tertiary/aromatic N) is 1. The maximum absolute atomic E-state index is 5.60. The van der Waals surface area contributed by atoms with E-state index in [0.717, 1.165) is 6.61 Å². The SMILES string of the molecule is CC[O][Ti][N](C(C)(C)C)C(C)(C)C.Cl.Cl. The van der Waals surface area contributed by atoms with E-state index in [4.69, 9.17) is 3.32 Å². The predicted octanol–water partition coefficient (Wildman–Crippen LogP) is 3.68. The molecule has 0 radical (unpaired) electrons. The maximum atomic E-state index is 5.60. The molecule has 0 fully saturated rings. The molecule has 0 unspecified atom stereocenters. The Kier molecular flexibility index (Phi) is 11.9. The summed E-state index contributed by atoms with van der Waals surface area (Å²) in [7, 11) is 0. The third-order valence-corrected chi connectivity index (χ3v) is 4.67. The minimum atomic E-state index is -0.424. The van der Waals surface area contributed by atoms with E-state index in [2.05, 4.69) is 51.8 Å². The summed E-state index contributed by atoms with van der Waals surface area (Å²) in [6.45, 7) is 16.4. The molecule has 0 aromatic heterocycles. The molecule has 0 saturated carbocycles. The average Bonchev–Trinajstić information content (AvgIpc) is 1.81. The van der Waals surface area contributed by atoms with Crippen molar-refractivity contribution in [2.45, 2.75) is 59.5 Å². The standard InChI is InChI=1S/C8H18N.C2H5O.2ClH.Ti/c1-7(2,3)9-8(4,5)6;1-2-3;;;/h1-6H3;2H2,1H3;2*1H;/q2*-1;;;+2. The number of hydrogen-bond donors (Lipinski definition) is 0. The quantitative estimate of drug-likeness (QED) is 0.736. The number of halogens is 2. The van der Waals surface area contributed by atoms with Crippen LogP contribution >= 0.6 is 24.8 Å². The molecular formula is C10H25Cl2NOTi. The van der Waals surface area contributed by atoms with Gasteiger partial charge in [0.25, 0.3) is 0 Å². The Labute approximate surface area is 117 Å². The Morgan fingerprint density at radius 2 is 1.27 bits per heavy atom. The van der Waals surface area contributed by atoms with E-state index in [9.17, 15) is 0 Å². The van der Waals surface area contributed by atoms with Crippen molar-refractivity contribution in [3.8, 4) is 0 Å². The van der Waals surface area contributed by atoms with Gasteiger partial charge in [0.15, 0.2) is 0 Å². The van der Waals surface area contributed by atoms with Gasteiger partial charge < -0.3 is 0 Å². The molecule has 0 heterocycles. The third-order valence-electron chi connectivity index (χ3n) is 1.64. The smallest absolute Gasteiger partial charge is 0.147 e. The molecule has 0 bridgehead atoms. The van der Waals surface area contributed by atoms with Crippen molar-refractivity contribution in [2.24, 2.45) is 0 Å². The molecule has 0 aromatic rings. The summed E-state index contributed by atoms with van der Waals surface area (Å²) in [5.41, 5.74) is 0.431. The van der Waals surface area contributed by atoms with Crippen molar-refractivity contribution in [3.63, 3.8) is 0 Å². The van der Waals surface area contributed by atoms with Gasteiger partial charge in [-0.15, -0.1) is 24.8 Å². The Balaban J connectivity index is -0.000000720. The van der Waals surface area contributed by atoms with Crippen molar-refractivity contribution in [3.05, 3.63) is 0 Å². The van der Waals surface area contributed by atoms with E-state index in [1.807, 2.05) is 0 Å². The molecule has 0 aliphatic heterocycles. The molecular weight excluding hydrogens is 269 g/mol. The Bertz CT molecular complexity index is 140. The van der Waals surface area contributed by atoms with E-state index in [-0.39, 0.29) is 35.9 Å². The van der Waals surface area contributed by atoms with Crippen molar-refractivity contribution in [1.29, 1.82) is 0 Å². The first-order chi connectivity index (χ1) is 5.69. The molecule has 0 N–H and O–H groups in total. The number of hydrogen-bond acceptors (Lipinski definition) is 2. The first-order valence-electron chi connectivity index (χ1n) is 4.87. The van der Waals surface area contributed by atoms with Gasteiger partial charge in [-0.3, -0.25) is 0 Å². The van der Waals surface area contributed by atoms with Gasteiger partial charge in [0, 0.05) is 0 Å². The van der Waals surface area contributed by atoms with Crippen LogP contribution in [0.5, 0.6) is 0 Å². The summed E-state index contributed by atoms with van der Waals surface area (Å²) in [5.74, 6) is 0. The molecule has 0 saturated heterocycles. The van der Waals surface area contributed by atoms with E-state index in [0.29, 0.717) is 0 Å². The zero-order valence-electron chi connectivity index (χ0n) is 10.9. The Hall–Kier alpha value is 1.21. The molecule has 15 heavy (non-hydrogen) atoms. The average molecular weight is 294 g/mol. The van der Waals surface area contributed by atoms with Crippen LogP contribution in [0, 0.1) is 0 Å². The molecule has 0 aromatic carbocycles. The van der Waals surface area contributed by atoms with Crippen molar-refractivity contribution < 1.29 is 23.1 Å². The largest absolute Gasteiger partial charge is 0.147 e. The van der Waals surface area contributed by atoms with Gasteiger partial charge in [0.05, 0.1) is 0 Å². The molecule has 2 nitrogen and oxygen atoms in total. The van der Waals surface area contributed by atoms with Crippen LogP contribution in [0.2, 0.25) is 0 Å². The van der Waals surface area contributed by atoms with Crippen LogP contribution in [-0.2, 0) is 23.1 Å². The molecule has 94 valence electrons. The second-order valence-corrected chi connectivity index (χ2v) is 6.64. The zero-order chi connectivity index (χ0) is 10.7. The summed E-state index contributed by atoms with van der Waals surface area (Å²) in [6, 6.07) is 0. The fourth-order valence-corrected chi connectivity index (χ4v) is 2.67. The maximum Gasteiger partial charge on any atom is -0.147 e. The predicted molar refractivity (Wildman–Crippen MR) is 67.5 cm³/mol. The van der Waals surface area contributed by atoms with Crippen LogP contribution < -0.4 is 0 Å². The van der Waals surface area contributed by atoms with Gasteiger partial charge in [0.1, 0.15) is 0 Å². The first-order valence-corrected chi connectivity index (χ1v) is 6.21. The van der Waals surface area contributed by atoms with Crippen molar-refractivity contribution >= 4 is 24.8 Å². The van der Waals surface area contributed by atoms with Gasteiger partial charge >= 0.3 is 92.6 Å². The van der Waals surface area contributed by atoms with Crippen LogP contribution in [0.25, 0.3) is 0 Å². The molecule has 0 aliphatic rings. The Morgan fingerprint density at radius 1 is 0.933 bits per heavy atom. The van der Waals surface area contributed by atoms with Crippen LogP contribution in [0.15, 0.2) is 0 Å². The summed E-state index contributed by atoms with van der Waals surface area (Å²) < 4.78 is 8.09. The molecule has 0 amide bonds. The Morgan fingerprint density at radius 3 is 1.47 bits per heavy atom. The van der Waals surface area contributed by atoms with Gasteiger partial charge in [-0.05, 0) is 0 Å². The summed E-state index contributed by atoms with van der Waals surface area (Å²) in [4.78, 5) is 0. The van der Waals surface area contributed by atoms with E-state index in [1.165, 1.54) is 0 Å². The molecule has 0 rings (SSSR count). The summed E-state index contributed by atoms with van der Waals surface area (Å²) in [5, 5.41) is 0. The van der Waals surface area contributed by atoms with E-state index < -0.39 is 19.8 Å². The summed E-state index contributed by atoms with van der Waals surface area (Å²) in [6.07, 6.45) is 0. The first kappa shape index (κ1) is 21.5. The second kappa shape index (κ2) is 8.33. The zero-order valence-corrected chi connectivity index (χ0v) is 14.1. The minimum absolute atomic E-state index is 0. The van der Waals surface area contributed by atoms with Gasteiger partial charge in [-0.1, -0.05) is 0 Å². The molecule has 5 heteroatoms. The van der Waals surface area contributed by atoms with Crippen molar-refractivity contribution in [1.82, 2.24) is 3.38 Å². The minimum Gasteiger partial charge on any atom is -0.147 e. The fraction of sp³-hybridized carbons (Fsp3) is 1.00. The third kappa shape index (κ3) is 8.97. The summed E-state index contributed by atoms with van der Waals surface area (Å²) >= 11 is -0.424. The molecule has 0 spiro atoms. The van der Waals surface area contributed by atoms with Crippen LogP contribution in [0.4, 0.5) is 0 Å². The fourth-order valence-electron chi connectivity index (χ4n) is 1.41. The second-order valence-electron chi connectivity index (χ2n) is 5.20. The van der Waals surface area contributed by atoms with Gasteiger partial charge in [-0.25, -0.2) is 0 Å². The number of rotatable bonds is 3. The van der Waals surface area contributed by atoms with E-state index >= 15 is 0 Å². The van der Waals surface area contributed by atoms with Gasteiger partial charge in [-0.2, -0.15) is 0 Å². The monoisotopic (exact) mass is 293 g/mol. The van der Waals surface area contributed by atoms with E-state index in [1.54, 1.807) is 0 Å². The van der Waals surface area contributed by atoms with Crippen LogP contribution in [0.1, 0.15) is 48.5 Å². The van der Waals surface area contributed by atoms with Crippen molar-refractivity contribution in [2.75, 3.05) is 6.61 Å². The van der Waals surface area contributed by atoms with Crippen LogP contribution in [-0.4, -0.2) is 21.1 Å². The molecule has 0 aliphatic carbocycles. The van der Waals surface area contributed by atoms with Crippen LogP contribution in [0.3, 0.4) is 0 Å². The molecule has 0 atom stereocenters.